The Kier molecular flexibility index (Phi) is 5.30. The minimum Gasteiger partial charge on any atom is -0.488 e. The molecule has 1 saturated carbocycles. The summed E-state index contributed by atoms with van der Waals surface area (Å²) in [7, 11) is 0. The monoisotopic (exact) mass is 531 g/mol. The van der Waals surface area contributed by atoms with Crippen molar-refractivity contribution in [1.29, 1.82) is 0 Å². The summed E-state index contributed by atoms with van der Waals surface area (Å²) in [6.07, 6.45) is 5.04. The maximum Gasteiger partial charge on any atom is 0.254 e. The van der Waals surface area contributed by atoms with Crippen LogP contribution >= 0.6 is 0 Å². The number of aromatic nitrogens is 3. The lowest BCUT2D eigenvalue weighted by molar-refractivity contribution is 0.0629. The van der Waals surface area contributed by atoms with Crippen LogP contribution in [0.4, 0.5) is 0 Å². The molecule has 2 aliphatic carbocycles. The predicted molar refractivity (Wildman–Crippen MR) is 150 cm³/mol. The Labute approximate surface area is 231 Å². The molecule has 3 fully saturated rings. The molecule has 40 heavy (non-hydrogen) atoms. The first-order chi connectivity index (χ1) is 19.6. The highest BCUT2D eigenvalue weighted by molar-refractivity contribution is 5.98. The maximum atomic E-state index is 13.7. The van der Waals surface area contributed by atoms with Gasteiger partial charge in [-0.1, -0.05) is 42.5 Å². The largest absolute Gasteiger partial charge is 0.488 e. The number of nitrogens with zero attached hydrogens (tertiary/aromatic N) is 4. The number of allylic oxidation sites excluding steroid dienone is 1. The smallest absolute Gasteiger partial charge is 0.254 e. The highest BCUT2D eigenvalue weighted by atomic mass is 16.5. The maximum absolute atomic E-state index is 13.7. The standard InChI is InChI=1S/C32H29N5O3/c38-31(21-9-10-28-29(12-21)34-35-33-28)36-14-24-25(15-36)27-17-37(16-26(24)27)32(39)22-11-20-7-4-8-23(20)30(13-22)40-18-19-5-2-1-3-6-19/h1-6,8-13,24-27H,7,14-18H2,(H,33,34,35)/t24-,25+,26+,27-. The zero-order chi connectivity index (χ0) is 26.8. The van der Waals surface area contributed by atoms with E-state index in [0.29, 0.717) is 46.9 Å². The fourth-order valence-corrected chi connectivity index (χ4v) is 7.37. The van der Waals surface area contributed by atoms with Gasteiger partial charge in [0.05, 0.1) is 0 Å². The Morgan fingerprint density at radius 3 is 2.20 bits per heavy atom. The molecule has 0 bridgehead atoms. The number of H-pyrrole nitrogens is 1. The molecule has 0 unspecified atom stereocenters. The number of aromatic amines is 1. The van der Waals surface area contributed by atoms with Crippen molar-refractivity contribution in [2.75, 3.05) is 26.2 Å². The fourth-order valence-electron chi connectivity index (χ4n) is 7.37. The molecule has 8 rings (SSSR count). The van der Waals surface area contributed by atoms with E-state index in [9.17, 15) is 9.59 Å². The molecule has 2 saturated heterocycles. The van der Waals surface area contributed by atoms with Crippen LogP contribution in [0.2, 0.25) is 0 Å². The third-order valence-corrected chi connectivity index (χ3v) is 9.40. The van der Waals surface area contributed by atoms with E-state index in [2.05, 4.69) is 27.6 Å². The number of nitrogens with one attached hydrogen (secondary N) is 1. The topological polar surface area (TPSA) is 91.4 Å². The zero-order valence-corrected chi connectivity index (χ0v) is 22.0. The summed E-state index contributed by atoms with van der Waals surface area (Å²) >= 11 is 0. The van der Waals surface area contributed by atoms with Crippen LogP contribution in [-0.2, 0) is 13.0 Å². The molecule has 0 spiro atoms. The van der Waals surface area contributed by atoms with Gasteiger partial charge in [0.2, 0.25) is 0 Å². The molecule has 4 atom stereocenters. The zero-order valence-electron chi connectivity index (χ0n) is 22.0. The van der Waals surface area contributed by atoms with Gasteiger partial charge >= 0.3 is 0 Å². The minimum absolute atomic E-state index is 0.0556. The van der Waals surface area contributed by atoms with Gasteiger partial charge in [0, 0.05) is 42.9 Å². The van der Waals surface area contributed by atoms with Crippen molar-refractivity contribution in [3.63, 3.8) is 0 Å². The molecule has 8 nitrogen and oxygen atoms in total. The normalized spacial score (nSPS) is 24.1. The summed E-state index contributed by atoms with van der Waals surface area (Å²) in [5.41, 5.74) is 6.14. The lowest BCUT2D eigenvalue weighted by atomic mass is 9.60. The van der Waals surface area contributed by atoms with Crippen LogP contribution in [0.25, 0.3) is 17.1 Å². The average molecular weight is 532 g/mol. The summed E-state index contributed by atoms with van der Waals surface area (Å²) in [6.45, 7) is 3.50. The highest BCUT2D eigenvalue weighted by Gasteiger charge is 2.59. The summed E-state index contributed by atoms with van der Waals surface area (Å²) in [4.78, 5) is 31.0. The summed E-state index contributed by atoms with van der Waals surface area (Å²) in [5, 5.41) is 10.8. The lowest BCUT2D eigenvalue weighted by Crippen LogP contribution is -2.44. The van der Waals surface area contributed by atoms with E-state index in [4.69, 9.17) is 4.74 Å². The molecular formula is C32H29N5O3. The predicted octanol–water partition coefficient (Wildman–Crippen LogP) is 4.20. The van der Waals surface area contributed by atoms with Gasteiger partial charge in [-0.3, -0.25) is 9.59 Å². The Balaban J connectivity index is 0.950. The second kappa shape index (κ2) is 9.05. The molecule has 1 N–H and O–H groups in total. The van der Waals surface area contributed by atoms with Crippen molar-refractivity contribution in [2.24, 2.45) is 23.7 Å². The average Bonchev–Trinajstić information content (AvgIpc) is 3.78. The molecule has 4 aliphatic rings. The number of rotatable bonds is 5. The Morgan fingerprint density at radius 2 is 1.48 bits per heavy atom. The Bertz CT molecular complexity index is 1660. The Morgan fingerprint density at radius 1 is 0.800 bits per heavy atom. The van der Waals surface area contributed by atoms with Gasteiger partial charge in [0.25, 0.3) is 11.8 Å². The molecule has 8 heteroatoms. The van der Waals surface area contributed by atoms with E-state index in [1.165, 1.54) is 0 Å². The van der Waals surface area contributed by atoms with Crippen molar-refractivity contribution in [3.8, 4) is 5.75 Å². The Hall–Kier alpha value is -4.46. The van der Waals surface area contributed by atoms with Gasteiger partial charge in [-0.15, -0.1) is 0 Å². The van der Waals surface area contributed by atoms with Gasteiger partial charge in [-0.2, -0.15) is 15.4 Å². The molecule has 1 aromatic heterocycles. The van der Waals surface area contributed by atoms with E-state index in [1.807, 2.05) is 70.5 Å². The van der Waals surface area contributed by atoms with Crippen LogP contribution in [-0.4, -0.2) is 63.2 Å². The number of hydrogen-bond donors (Lipinski definition) is 1. The SMILES string of the molecule is O=C(c1cc2c(c(OCc3ccccc3)c1)C=CC2)N1C[C@@H]2[C@H](C1)[C@H]1CN(C(=O)c3ccc4n[nH]nc4c3)C[C@@H]21. The second-order valence-electron chi connectivity index (χ2n) is 11.5. The summed E-state index contributed by atoms with van der Waals surface area (Å²) < 4.78 is 6.22. The van der Waals surface area contributed by atoms with Crippen molar-refractivity contribution in [1.82, 2.24) is 25.2 Å². The first kappa shape index (κ1) is 23.4. The van der Waals surface area contributed by atoms with E-state index < -0.39 is 0 Å². The first-order valence-electron chi connectivity index (χ1n) is 14.0. The van der Waals surface area contributed by atoms with Crippen LogP contribution in [0.1, 0.15) is 37.4 Å². The van der Waals surface area contributed by atoms with E-state index in [1.54, 1.807) is 0 Å². The lowest BCUT2D eigenvalue weighted by Gasteiger charge is -2.42. The number of carbonyl (C=O) groups excluding carboxylic acids is 2. The molecule has 2 aliphatic heterocycles. The molecule has 4 aromatic rings. The van der Waals surface area contributed by atoms with E-state index in [0.717, 1.165) is 60.6 Å². The first-order valence-corrected chi connectivity index (χ1v) is 14.0. The highest BCUT2D eigenvalue weighted by Crippen LogP contribution is 2.54. The van der Waals surface area contributed by atoms with Gasteiger partial charge in [0.1, 0.15) is 23.4 Å². The number of likely N-dealkylation sites (tertiary alicyclic amines) is 2. The van der Waals surface area contributed by atoms with Crippen LogP contribution in [0.3, 0.4) is 0 Å². The third-order valence-electron chi connectivity index (χ3n) is 9.40. The quantitative estimate of drug-likeness (QED) is 0.417. The van der Waals surface area contributed by atoms with Crippen molar-refractivity contribution >= 4 is 28.9 Å². The van der Waals surface area contributed by atoms with Crippen molar-refractivity contribution < 1.29 is 14.3 Å². The van der Waals surface area contributed by atoms with Crippen LogP contribution in [0.5, 0.6) is 5.75 Å². The van der Waals surface area contributed by atoms with E-state index >= 15 is 0 Å². The molecular weight excluding hydrogens is 502 g/mol. The number of ether oxygens (including phenoxy) is 1. The molecule has 3 aromatic carbocycles. The number of benzene rings is 3. The number of carbonyl (C=O) groups is 2. The number of fused-ring (bicyclic) bond motifs is 6. The van der Waals surface area contributed by atoms with Crippen LogP contribution < -0.4 is 4.74 Å². The summed E-state index contributed by atoms with van der Waals surface area (Å²) in [5.74, 6) is 2.73. The second-order valence-corrected chi connectivity index (χ2v) is 11.5. The fraction of sp³-hybridized carbons (Fsp3) is 0.312. The molecule has 2 amide bonds. The number of hydrogen-bond acceptors (Lipinski definition) is 5. The van der Waals surface area contributed by atoms with Gasteiger partial charge in [-0.25, -0.2) is 0 Å². The molecule has 3 heterocycles. The minimum atomic E-state index is 0.0556. The van der Waals surface area contributed by atoms with Crippen LogP contribution in [0.15, 0.2) is 66.7 Å². The van der Waals surface area contributed by atoms with E-state index in [-0.39, 0.29) is 11.8 Å². The van der Waals surface area contributed by atoms with Gasteiger partial charge in [-0.05, 0) is 71.6 Å². The van der Waals surface area contributed by atoms with Crippen LogP contribution in [0, 0.1) is 23.7 Å². The van der Waals surface area contributed by atoms with Crippen molar-refractivity contribution in [3.05, 3.63) is 94.6 Å². The molecule has 200 valence electrons. The van der Waals surface area contributed by atoms with Gasteiger partial charge < -0.3 is 14.5 Å². The van der Waals surface area contributed by atoms with Crippen molar-refractivity contribution in [2.45, 2.75) is 13.0 Å². The van der Waals surface area contributed by atoms with Gasteiger partial charge in [0.15, 0.2) is 0 Å². The number of amides is 2. The summed E-state index contributed by atoms with van der Waals surface area (Å²) in [6, 6.07) is 19.5. The molecule has 0 radical (unpaired) electrons. The third kappa shape index (κ3) is 3.73.